The summed E-state index contributed by atoms with van der Waals surface area (Å²) in [5, 5.41) is -0.356. The molecular formula is C14H22N2O3S. The van der Waals surface area contributed by atoms with Crippen molar-refractivity contribution in [3.8, 4) is 5.75 Å². The molecule has 0 amide bonds. The van der Waals surface area contributed by atoms with Gasteiger partial charge in [0.15, 0.2) is 0 Å². The Labute approximate surface area is 121 Å². The van der Waals surface area contributed by atoms with Gasteiger partial charge in [0, 0.05) is 37.9 Å². The largest absolute Gasteiger partial charge is 0.497 e. The van der Waals surface area contributed by atoms with Gasteiger partial charge in [-0.05, 0) is 26.0 Å². The van der Waals surface area contributed by atoms with E-state index in [4.69, 9.17) is 4.74 Å². The van der Waals surface area contributed by atoms with E-state index in [0.717, 1.165) is 11.4 Å². The Morgan fingerprint density at radius 1 is 1.15 bits per heavy atom. The zero-order valence-corrected chi connectivity index (χ0v) is 13.1. The summed E-state index contributed by atoms with van der Waals surface area (Å²) in [5.41, 5.74) is 1.07. The molecule has 0 aromatic heterocycles. The Morgan fingerprint density at radius 3 is 2.35 bits per heavy atom. The molecular weight excluding hydrogens is 276 g/mol. The number of ether oxygens (including phenoxy) is 1. The molecule has 1 aliphatic rings. The van der Waals surface area contributed by atoms with Crippen LogP contribution in [0, 0.1) is 0 Å². The van der Waals surface area contributed by atoms with E-state index in [2.05, 4.69) is 4.90 Å². The second-order valence-electron chi connectivity index (χ2n) is 5.18. The molecule has 0 spiro atoms. The minimum Gasteiger partial charge on any atom is -0.497 e. The molecule has 1 aromatic rings. The zero-order chi connectivity index (χ0) is 14.8. The summed E-state index contributed by atoms with van der Waals surface area (Å²) in [6.45, 7) is 5.95. The summed E-state index contributed by atoms with van der Waals surface area (Å²) in [7, 11) is -1.49. The molecule has 0 unspecified atom stereocenters. The molecule has 112 valence electrons. The number of hydrogen-bond donors (Lipinski definition) is 0. The summed E-state index contributed by atoms with van der Waals surface area (Å²) in [4.78, 5) is 2.19. The number of hydrogen-bond acceptors (Lipinski definition) is 4. The van der Waals surface area contributed by atoms with E-state index < -0.39 is 10.0 Å². The molecule has 1 aliphatic heterocycles. The van der Waals surface area contributed by atoms with E-state index in [1.165, 1.54) is 0 Å². The van der Waals surface area contributed by atoms with Crippen molar-refractivity contribution in [2.75, 3.05) is 38.2 Å². The summed E-state index contributed by atoms with van der Waals surface area (Å²) in [6, 6.07) is 7.86. The first-order valence-electron chi connectivity index (χ1n) is 6.83. The van der Waals surface area contributed by atoms with E-state index in [-0.39, 0.29) is 5.25 Å². The van der Waals surface area contributed by atoms with Crippen molar-refractivity contribution in [1.82, 2.24) is 4.31 Å². The fraction of sp³-hybridized carbons (Fsp3) is 0.571. The summed E-state index contributed by atoms with van der Waals surface area (Å²) in [6.07, 6.45) is 0. The van der Waals surface area contributed by atoms with Gasteiger partial charge < -0.3 is 9.64 Å². The second-order valence-corrected chi connectivity index (χ2v) is 7.67. The summed E-state index contributed by atoms with van der Waals surface area (Å²) < 4.78 is 31.0. The van der Waals surface area contributed by atoms with Crippen LogP contribution >= 0.6 is 0 Å². The smallest absolute Gasteiger partial charge is 0.216 e. The predicted octanol–water partition coefficient (Wildman–Crippen LogP) is 1.56. The maximum absolute atomic E-state index is 12.1. The topological polar surface area (TPSA) is 49.9 Å². The predicted molar refractivity (Wildman–Crippen MR) is 80.8 cm³/mol. The minimum absolute atomic E-state index is 0.356. The van der Waals surface area contributed by atoms with Gasteiger partial charge in [0.25, 0.3) is 0 Å². The van der Waals surface area contributed by atoms with Crippen LogP contribution in [0.5, 0.6) is 5.75 Å². The van der Waals surface area contributed by atoms with Gasteiger partial charge in [-0.2, -0.15) is 4.31 Å². The van der Waals surface area contributed by atoms with Crippen LogP contribution in [0.4, 0.5) is 5.69 Å². The van der Waals surface area contributed by atoms with E-state index in [1.807, 2.05) is 24.3 Å². The second kappa shape index (κ2) is 6.01. The van der Waals surface area contributed by atoms with Crippen molar-refractivity contribution in [3.05, 3.63) is 24.3 Å². The van der Waals surface area contributed by atoms with Gasteiger partial charge in [-0.1, -0.05) is 6.07 Å². The van der Waals surface area contributed by atoms with Gasteiger partial charge in [-0.3, -0.25) is 0 Å². The molecule has 0 aliphatic carbocycles. The fourth-order valence-corrected chi connectivity index (χ4v) is 3.57. The van der Waals surface area contributed by atoms with Crippen LogP contribution in [-0.2, 0) is 10.0 Å². The molecule has 20 heavy (non-hydrogen) atoms. The average Bonchev–Trinajstić information content (AvgIpc) is 2.47. The van der Waals surface area contributed by atoms with Crippen molar-refractivity contribution in [1.29, 1.82) is 0 Å². The molecule has 1 aromatic carbocycles. The molecule has 0 radical (unpaired) electrons. The highest BCUT2D eigenvalue weighted by Gasteiger charge is 2.29. The van der Waals surface area contributed by atoms with Gasteiger partial charge in [0.1, 0.15) is 5.75 Å². The van der Waals surface area contributed by atoms with Crippen molar-refractivity contribution >= 4 is 15.7 Å². The highest BCUT2D eigenvalue weighted by Crippen LogP contribution is 2.23. The molecule has 0 atom stereocenters. The van der Waals surface area contributed by atoms with Crippen LogP contribution in [0.1, 0.15) is 13.8 Å². The van der Waals surface area contributed by atoms with Crippen LogP contribution in [0.2, 0.25) is 0 Å². The van der Waals surface area contributed by atoms with Gasteiger partial charge >= 0.3 is 0 Å². The third-order valence-electron chi connectivity index (χ3n) is 3.61. The lowest BCUT2D eigenvalue weighted by atomic mass is 10.2. The van der Waals surface area contributed by atoms with Gasteiger partial charge in [-0.15, -0.1) is 0 Å². The lowest BCUT2D eigenvalue weighted by Crippen LogP contribution is -2.50. The molecule has 6 heteroatoms. The number of methoxy groups -OCH3 is 1. The first-order chi connectivity index (χ1) is 9.45. The van der Waals surface area contributed by atoms with Crippen molar-refractivity contribution in [3.63, 3.8) is 0 Å². The molecule has 0 bridgehead atoms. The van der Waals surface area contributed by atoms with Crippen LogP contribution < -0.4 is 9.64 Å². The lowest BCUT2D eigenvalue weighted by molar-refractivity contribution is 0.380. The first-order valence-corrected chi connectivity index (χ1v) is 8.33. The zero-order valence-electron chi connectivity index (χ0n) is 12.2. The van der Waals surface area contributed by atoms with E-state index >= 15 is 0 Å². The molecule has 1 heterocycles. The van der Waals surface area contributed by atoms with E-state index in [0.29, 0.717) is 26.2 Å². The molecule has 0 saturated carbocycles. The molecule has 5 nitrogen and oxygen atoms in total. The Morgan fingerprint density at radius 2 is 1.80 bits per heavy atom. The quantitative estimate of drug-likeness (QED) is 0.846. The number of rotatable bonds is 4. The molecule has 2 rings (SSSR count). The Bertz CT molecular complexity index is 549. The number of benzene rings is 1. The molecule has 1 fully saturated rings. The highest BCUT2D eigenvalue weighted by atomic mass is 32.2. The van der Waals surface area contributed by atoms with Crippen LogP contribution in [-0.4, -0.2) is 51.3 Å². The maximum atomic E-state index is 12.1. The van der Waals surface area contributed by atoms with Crippen LogP contribution in [0.3, 0.4) is 0 Å². The monoisotopic (exact) mass is 298 g/mol. The van der Waals surface area contributed by atoms with Crippen molar-refractivity contribution in [2.24, 2.45) is 0 Å². The number of anilines is 1. The standard InChI is InChI=1S/C14H22N2O3S/c1-12(2)20(17,18)16-9-7-15(8-10-16)13-5-4-6-14(11-13)19-3/h4-6,11-12H,7-10H2,1-3H3. The molecule has 0 N–H and O–H groups in total. The van der Waals surface area contributed by atoms with Crippen molar-refractivity contribution in [2.45, 2.75) is 19.1 Å². The van der Waals surface area contributed by atoms with Gasteiger partial charge in [0.05, 0.1) is 12.4 Å². The third-order valence-corrected chi connectivity index (χ3v) is 5.89. The Kier molecular flexibility index (Phi) is 4.55. The van der Waals surface area contributed by atoms with Gasteiger partial charge in [-0.25, -0.2) is 8.42 Å². The lowest BCUT2D eigenvalue weighted by Gasteiger charge is -2.36. The van der Waals surface area contributed by atoms with Crippen molar-refractivity contribution < 1.29 is 13.2 Å². The SMILES string of the molecule is COc1cccc(N2CCN(S(=O)(=O)C(C)C)CC2)c1. The van der Waals surface area contributed by atoms with Crippen LogP contribution in [0.25, 0.3) is 0 Å². The fourth-order valence-electron chi connectivity index (χ4n) is 2.31. The Hall–Kier alpha value is -1.27. The number of piperazine rings is 1. The normalized spacial score (nSPS) is 17.5. The Balaban J connectivity index is 2.04. The summed E-state index contributed by atoms with van der Waals surface area (Å²) >= 11 is 0. The summed E-state index contributed by atoms with van der Waals surface area (Å²) in [5.74, 6) is 0.819. The van der Waals surface area contributed by atoms with Crippen LogP contribution in [0.15, 0.2) is 24.3 Å². The number of nitrogens with zero attached hydrogens (tertiary/aromatic N) is 2. The third kappa shape index (κ3) is 3.07. The minimum atomic E-state index is -3.14. The number of sulfonamides is 1. The van der Waals surface area contributed by atoms with Gasteiger partial charge in [0.2, 0.25) is 10.0 Å². The maximum Gasteiger partial charge on any atom is 0.216 e. The highest BCUT2D eigenvalue weighted by molar-refractivity contribution is 7.89. The van der Waals surface area contributed by atoms with E-state index in [1.54, 1.807) is 25.3 Å². The average molecular weight is 298 g/mol. The molecule has 1 saturated heterocycles. The van der Waals surface area contributed by atoms with E-state index in [9.17, 15) is 8.42 Å². The first kappa shape index (κ1) is 15.1.